The molecule has 1 N–H and O–H groups in total. The highest BCUT2D eigenvalue weighted by atomic mass is 35.5. The Labute approximate surface area is 179 Å². The van der Waals surface area contributed by atoms with Gasteiger partial charge in [-0.1, -0.05) is 11.6 Å². The Bertz CT molecular complexity index is 1230. The van der Waals surface area contributed by atoms with Crippen molar-refractivity contribution in [3.63, 3.8) is 0 Å². The minimum atomic E-state index is -0.0641. The summed E-state index contributed by atoms with van der Waals surface area (Å²) in [6.07, 6.45) is 3.59. The lowest BCUT2D eigenvalue weighted by Crippen LogP contribution is -2.31. The van der Waals surface area contributed by atoms with Crippen molar-refractivity contribution in [2.24, 2.45) is 0 Å². The van der Waals surface area contributed by atoms with Crippen molar-refractivity contribution >= 4 is 28.5 Å². The highest BCUT2D eigenvalue weighted by Gasteiger charge is 2.32. The molecule has 1 atom stereocenters. The van der Waals surface area contributed by atoms with Gasteiger partial charge in [0.15, 0.2) is 5.82 Å². The Morgan fingerprint density at radius 3 is 2.80 bits per heavy atom. The SMILES string of the molecule is Cc1nc2ccc(C(=O)N3CCC[C@H]3c3ccnc(-c4ccc(Cl)cc4)n3)cc2[nH]1. The number of aromatic amines is 1. The van der Waals surface area contributed by atoms with Gasteiger partial charge in [-0.25, -0.2) is 15.0 Å². The van der Waals surface area contributed by atoms with E-state index in [2.05, 4.69) is 15.0 Å². The lowest BCUT2D eigenvalue weighted by Gasteiger charge is -2.24. The maximum absolute atomic E-state index is 13.3. The minimum Gasteiger partial charge on any atom is -0.342 e. The van der Waals surface area contributed by atoms with E-state index in [9.17, 15) is 4.79 Å². The molecule has 0 saturated carbocycles. The number of carbonyl (C=O) groups excluding carboxylic acids is 1. The van der Waals surface area contributed by atoms with Crippen LogP contribution in [0.2, 0.25) is 5.02 Å². The van der Waals surface area contributed by atoms with Gasteiger partial charge in [0.25, 0.3) is 5.91 Å². The summed E-state index contributed by atoms with van der Waals surface area (Å²) in [6, 6.07) is 14.9. The van der Waals surface area contributed by atoms with Gasteiger partial charge >= 0.3 is 0 Å². The topological polar surface area (TPSA) is 74.8 Å². The van der Waals surface area contributed by atoms with Gasteiger partial charge in [-0.15, -0.1) is 0 Å². The third-order valence-electron chi connectivity index (χ3n) is 5.48. The minimum absolute atomic E-state index is 0.0123. The average Bonchev–Trinajstić information content (AvgIpc) is 3.39. The molecule has 150 valence electrons. The number of amides is 1. The molecule has 0 spiro atoms. The Kier molecular flexibility index (Phi) is 4.71. The number of rotatable bonds is 3. The van der Waals surface area contributed by atoms with Crippen LogP contribution >= 0.6 is 11.6 Å². The highest BCUT2D eigenvalue weighted by molar-refractivity contribution is 6.30. The molecule has 0 unspecified atom stereocenters. The Morgan fingerprint density at radius 1 is 1.13 bits per heavy atom. The van der Waals surface area contributed by atoms with Crippen molar-refractivity contribution in [1.29, 1.82) is 0 Å². The standard InChI is InChI=1S/C23H20ClN5O/c1-14-26-18-9-6-16(13-20(18)27-14)23(30)29-12-2-3-21(29)19-10-11-25-22(28-19)15-4-7-17(24)8-5-15/h4-11,13,21H,2-3,12H2,1H3,(H,26,27)/t21-/m0/s1. The number of aryl methyl sites for hydroxylation is 1. The number of likely N-dealkylation sites (tertiary alicyclic amines) is 1. The number of hydrogen-bond acceptors (Lipinski definition) is 4. The second-order valence-electron chi connectivity index (χ2n) is 7.52. The molecule has 4 aromatic rings. The number of imidazole rings is 1. The van der Waals surface area contributed by atoms with Crippen LogP contribution in [0.15, 0.2) is 54.7 Å². The summed E-state index contributed by atoms with van der Waals surface area (Å²) >= 11 is 5.99. The molecule has 0 aliphatic carbocycles. The first-order chi connectivity index (χ1) is 14.6. The molecule has 3 heterocycles. The number of benzene rings is 2. The Balaban J connectivity index is 1.45. The molecule has 1 aliphatic rings. The van der Waals surface area contributed by atoms with E-state index in [0.29, 0.717) is 23.0 Å². The van der Waals surface area contributed by atoms with Gasteiger partial charge in [0, 0.05) is 28.9 Å². The number of fused-ring (bicyclic) bond motifs is 1. The highest BCUT2D eigenvalue weighted by Crippen LogP contribution is 2.33. The van der Waals surface area contributed by atoms with Crippen molar-refractivity contribution in [2.45, 2.75) is 25.8 Å². The van der Waals surface area contributed by atoms with Crippen molar-refractivity contribution < 1.29 is 4.79 Å². The summed E-state index contributed by atoms with van der Waals surface area (Å²) in [5.41, 5.74) is 4.16. The third-order valence-corrected chi connectivity index (χ3v) is 5.73. The first kappa shape index (κ1) is 18.8. The molecular weight excluding hydrogens is 398 g/mol. The van der Waals surface area contributed by atoms with Gasteiger partial charge in [0.1, 0.15) is 5.82 Å². The maximum Gasteiger partial charge on any atom is 0.254 e. The number of carbonyl (C=O) groups is 1. The van der Waals surface area contributed by atoms with Gasteiger partial charge < -0.3 is 9.88 Å². The molecule has 30 heavy (non-hydrogen) atoms. The number of hydrogen-bond donors (Lipinski definition) is 1. The largest absolute Gasteiger partial charge is 0.342 e. The Hall–Kier alpha value is -3.25. The van der Waals surface area contributed by atoms with Crippen LogP contribution in [0.25, 0.3) is 22.4 Å². The van der Waals surface area contributed by atoms with E-state index in [-0.39, 0.29) is 11.9 Å². The molecule has 1 saturated heterocycles. The van der Waals surface area contributed by atoms with Crippen LogP contribution in [-0.4, -0.2) is 37.3 Å². The second-order valence-corrected chi connectivity index (χ2v) is 7.96. The van der Waals surface area contributed by atoms with E-state index < -0.39 is 0 Å². The normalized spacial score (nSPS) is 16.3. The van der Waals surface area contributed by atoms with Gasteiger partial charge in [-0.05, 0) is 68.3 Å². The summed E-state index contributed by atoms with van der Waals surface area (Å²) in [7, 11) is 0. The van der Waals surface area contributed by atoms with Gasteiger partial charge in [-0.3, -0.25) is 4.79 Å². The van der Waals surface area contributed by atoms with Crippen LogP contribution in [0.3, 0.4) is 0 Å². The fraction of sp³-hybridized carbons (Fsp3) is 0.217. The Morgan fingerprint density at radius 2 is 1.97 bits per heavy atom. The molecular formula is C23H20ClN5O. The van der Waals surface area contributed by atoms with Crippen LogP contribution < -0.4 is 0 Å². The third kappa shape index (κ3) is 3.44. The molecule has 7 heteroatoms. The summed E-state index contributed by atoms with van der Waals surface area (Å²) < 4.78 is 0. The molecule has 2 aromatic carbocycles. The quantitative estimate of drug-likeness (QED) is 0.511. The van der Waals surface area contributed by atoms with E-state index in [1.165, 1.54) is 0 Å². The molecule has 1 aliphatic heterocycles. The molecule has 6 nitrogen and oxygen atoms in total. The molecule has 1 fully saturated rings. The lowest BCUT2D eigenvalue weighted by atomic mass is 10.1. The van der Waals surface area contributed by atoms with E-state index in [1.807, 2.05) is 60.4 Å². The second kappa shape index (κ2) is 7.54. The monoisotopic (exact) mass is 417 g/mol. The number of nitrogens with one attached hydrogen (secondary N) is 1. The number of H-pyrrole nitrogens is 1. The zero-order chi connectivity index (χ0) is 20.7. The smallest absolute Gasteiger partial charge is 0.254 e. The van der Waals surface area contributed by atoms with Crippen molar-refractivity contribution in [3.05, 3.63) is 76.8 Å². The number of nitrogens with zero attached hydrogens (tertiary/aromatic N) is 4. The molecule has 2 aromatic heterocycles. The maximum atomic E-state index is 13.3. The predicted octanol–water partition coefficient (Wildman–Crippen LogP) is 4.96. The molecule has 0 radical (unpaired) electrons. The fourth-order valence-electron chi connectivity index (χ4n) is 4.05. The van der Waals surface area contributed by atoms with Crippen LogP contribution in [0, 0.1) is 6.92 Å². The van der Waals surface area contributed by atoms with E-state index in [1.54, 1.807) is 6.20 Å². The van der Waals surface area contributed by atoms with Gasteiger partial charge in [-0.2, -0.15) is 0 Å². The molecule has 1 amide bonds. The number of halogens is 1. The summed E-state index contributed by atoms with van der Waals surface area (Å²) in [6.45, 7) is 2.62. The van der Waals surface area contributed by atoms with Gasteiger partial charge in [0.2, 0.25) is 0 Å². The zero-order valence-electron chi connectivity index (χ0n) is 16.5. The first-order valence-corrected chi connectivity index (χ1v) is 10.3. The van der Waals surface area contributed by atoms with Crippen molar-refractivity contribution in [3.8, 4) is 11.4 Å². The zero-order valence-corrected chi connectivity index (χ0v) is 17.2. The van der Waals surface area contributed by atoms with Gasteiger partial charge in [0.05, 0.1) is 22.8 Å². The van der Waals surface area contributed by atoms with E-state index in [4.69, 9.17) is 16.6 Å². The molecule has 5 rings (SSSR count). The fourth-order valence-corrected chi connectivity index (χ4v) is 4.18. The summed E-state index contributed by atoms with van der Waals surface area (Å²) in [5, 5.41) is 0.673. The van der Waals surface area contributed by atoms with Crippen molar-refractivity contribution in [2.75, 3.05) is 6.54 Å². The lowest BCUT2D eigenvalue weighted by molar-refractivity contribution is 0.0733. The van der Waals surface area contributed by atoms with Crippen molar-refractivity contribution in [1.82, 2.24) is 24.8 Å². The van der Waals surface area contributed by atoms with Crippen LogP contribution in [0.5, 0.6) is 0 Å². The van der Waals surface area contributed by atoms with Crippen LogP contribution in [0.1, 0.15) is 40.8 Å². The number of aromatic nitrogens is 4. The summed E-state index contributed by atoms with van der Waals surface area (Å²) in [5.74, 6) is 1.49. The first-order valence-electron chi connectivity index (χ1n) is 9.95. The van der Waals surface area contributed by atoms with Crippen LogP contribution in [0.4, 0.5) is 0 Å². The van der Waals surface area contributed by atoms with E-state index in [0.717, 1.165) is 41.0 Å². The predicted molar refractivity (Wildman–Crippen MR) is 116 cm³/mol. The van der Waals surface area contributed by atoms with E-state index >= 15 is 0 Å². The molecule has 0 bridgehead atoms. The summed E-state index contributed by atoms with van der Waals surface area (Å²) in [4.78, 5) is 32.0. The average molecular weight is 418 g/mol. The van der Waals surface area contributed by atoms with Crippen LogP contribution in [-0.2, 0) is 0 Å².